The molecule has 0 bridgehead atoms. The Hall–Kier alpha value is -2.65. The molecule has 31 heavy (non-hydrogen) atoms. The molecular weight excluding hydrogens is 416 g/mol. The molecule has 8 nitrogen and oxygen atoms in total. The molecule has 9 heteroatoms. The summed E-state index contributed by atoms with van der Waals surface area (Å²) in [6.07, 6.45) is 4.55. The molecule has 0 saturated carbocycles. The lowest BCUT2D eigenvalue weighted by Crippen LogP contribution is -2.46. The van der Waals surface area contributed by atoms with E-state index >= 15 is 0 Å². The minimum Gasteiger partial charge on any atom is -0.383 e. The topological polar surface area (TPSA) is 95.8 Å². The van der Waals surface area contributed by atoms with Gasteiger partial charge in [-0.15, -0.1) is 0 Å². The van der Waals surface area contributed by atoms with E-state index in [2.05, 4.69) is 10.5 Å². The van der Waals surface area contributed by atoms with Crippen LogP contribution in [0.2, 0.25) is 0 Å². The molecule has 0 radical (unpaired) electrons. The Balaban J connectivity index is 1.75. The van der Waals surface area contributed by atoms with Crippen LogP contribution in [0.15, 0.2) is 46.0 Å². The van der Waals surface area contributed by atoms with Crippen molar-refractivity contribution < 1.29 is 17.7 Å². The molecule has 2 atom stereocenters. The molecule has 2 aromatic rings. The molecule has 0 aliphatic carbocycles. The lowest BCUT2D eigenvalue weighted by atomic mass is 9.98. The van der Waals surface area contributed by atoms with Crippen molar-refractivity contribution in [1.29, 1.82) is 0 Å². The average molecular weight is 447 g/mol. The summed E-state index contributed by atoms with van der Waals surface area (Å²) < 4.78 is 33.4. The Labute approximate surface area is 183 Å². The van der Waals surface area contributed by atoms with Crippen LogP contribution in [0.1, 0.15) is 42.8 Å². The third-order valence-electron chi connectivity index (χ3n) is 5.37. The van der Waals surface area contributed by atoms with Crippen LogP contribution in [-0.4, -0.2) is 55.9 Å². The van der Waals surface area contributed by atoms with Crippen molar-refractivity contribution in [3.05, 3.63) is 53.5 Å². The number of hydrogen-bond acceptors (Lipinski definition) is 6. The Kier molecular flexibility index (Phi) is 7.17. The maximum absolute atomic E-state index is 13.4. The highest BCUT2D eigenvalue weighted by Gasteiger charge is 2.37. The van der Waals surface area contributed by atoms with Gasteiger partial charge in [-0.3, -0.25) is 4.79 Å². The van der Waals surface area contributed by atoms with E-state index in [4.69, 9.17) is 4.52 Å². The molecule has 0 unspecified atom stereocenters. The van der Waals surface area contributed by atoms with Gasteiger partial charge in [0.1, 0.15) is 5.69 Å². The van der Waals surface area contributed by atoms with Gasteiger partial charge in [-0.25, -0.2) is 8.42 Å². The molecule has 3 rings (SSSR count). The molecule has 1 aliphatic rings. The zero-order valence-electron chi connectivity index (χ0n) is 18.4. The number of amides is 1. The summed E-state index contributed by atoms with van der Waals surface area (Å²) in [5.74, 6) is -0.350. The van der Waals surface area contributed by atoms with Gasteiger partial charge in [-0.1, -0.05) is 35.5 Å². The van der Waals surface area contributed by atoms with Crippen LogP contribution in [0.5, 0.6) is 0 Å². The van der Waals surface area contributed by atoms with Gasteiger partial charge in [0.25, 0.3) is 0 Å². The van der Waals surface area contributed by atoms with Crippen molar-refractivity contribution in [3.63, 3.8) is 0 Å². The third-order valence-corrected chi connectivity index (χ3v) is 7.39. The number of benzene rings is 1. The fourth-order valence-corrected chi connectivity index (χ4v) is 5.45. The van der Waals surface area contributed by atoms with Crippen molar-refractivity contribution in [2.45, 2.75) is 37.6 Å². The highest BCUT2D eigenvalue weighted by Crippen LogP contribution is 2.29. The molecule has 2 heterocycles. The number of aromatic nitrogens is 1. The third kappa shape index (κ3) is 5.34. The highest BCUT2D eigenvalue weighted by atomic mass is 32.2. The monoisotopic (exact) mass is 446 g/mol. The summed E-state index contributed by atoms with van der Waals surface area (Å²) in [6.45, 7) is 4.03. The summed E-state index contributed by atoms with van der Waals surface area (Å²) >= 11 is 0. The van der Waals surface area contributed by atoms with Crippen LogP contribution in [0.25, 0.3) is 6.08 Å². The lowest BCUT2D eigenvalue weighted by Gasteiger charge is -2.31. The van der Waals surface area contributed by atoms with E-state index in [9.17, 15) is 13.2 Å². The van der Waals surface area contributed by atoms with E-state index in [0.717, 1.165) is 5.56 Å². The van der Waals surface area contributed by atoms with Crippen LogP contribution in [0.4, 0.5) is 0 Å². The number of aryl methyl sites for hydroxylation is 1. The molecule has 1 N–H and O–H groups in total. The number of rotatable bonds is 7. The van der Waals surface area contributed by atoms with E-state index in [1.54, 1.807) is 24.1 Å². The number of carbonyl (C=O) groups excluding carboxylic acids is 1. The minimum atomic E-state index is -3.85. The van der Waals surface area contributed by atoms with Crippen LogP contribution in [-0.2, 0) is 14.8 Å². The minimum absolute atomic E-state index is 0.0595. The number of piperidine rings is 1. The standard InChI is InChI=1S/C22H30N4O4S/c1-16(18-9-6-5-7-10-18)23-22(27)19-11-8-13-26(15-19)31(28,29)21-17(2)24-30-20(21)12-14-25(3)4/h5-7,9-10,12,14,16,19H,8,11,13,15H2,1-4H3,(H,23,27)/b14-12+/t16-,19+/m1/s1. The van der Waals surface area contributed by atoms with Crippen molar-refractivity contribution in [1.82, 2.24) is 19.7 Å². The molecule has 1 aromatic heterocycles. The number of nitrogens with zero attached hydrogens (tertiary/aromatic N) is 3. The Morgan fingerprint density at radius 2 is 2.03 bits per heavy atom. The first-order chi connectivity index (χ1) is 14.7. The van der Waals surface area contributed by atoms with Gasteiger partial charge in [0.05, 0.1) is 12.0 Å². The van der Waals surface area contributed by atoms with Gasteiger partial charge in [0.15, 0.2) is 10.7 Å². The van der Waals surface area contributed by atoms with Gasteiger partial charge >= 0.3 is 0 Å². The highest BCUT2D eigenvalue weighted by molar-refractivity contribution is 7.89. The first kappa shape index (κ1) is 23.0. The van der Waals surface area contributed by atoms with E-state index in [-0.39, 0.29) is 29.1 Å². The van der Waals surface area contributed by atoms with Crippen molar-refractivity contribution in [2.75, 3.05) is 27.2 Å². The maximum Gasteiger partial charge on any atom is 0.248 e. The largest absolute Gasteiger partial charge is 0.383 e. The van der Waals surface area contributed by atoms with E-state index in [1.165, 1.54) is 4.31 Å². The predicted molar refractivity (Wildman–Crippen MR) is 118 cm³/mol. The van der Waals surface area contributed by atoms with Crippen LogP contribution in [0.3, 0.4) is 0 Å². The molecular formula is C22H30N4O4S. The number of hydrogen-bond donors (Lipinski definition) is 1. The predicted octanol–water partition coefficient (Wildman–Crippen LogP) is 2.79. The number of nitrogens with one attached hydrogen (secondary N) is 1. The summed E-state index contributed by atoms with van der Waals surface area (Å²) in [5.41, 5.74) is 1.32. The van der Waals surface area contributed by atoms with Crippen LogP contribution < -0.4 is 5.32 Å². The van der Waals surface area contributed by atoms with Crippen molar-refractivity contribution in [2.24, 2.45) is 5.92 Å². The summed E-state index contributed by atoms with van der Waals surface area (Å²) in [5, 5.41) is 6.87. The Bertz CT molecular complexity index is 1030. The fourth-order valence-electron chi connectivity index (χ4n) is 3.68. The smallest absolute Gasteiger partial charge is 0.248 e. The summed E-state index contributed by atoms with van der Waals surface area (Å²) in [7, 11) is -0.185. The quantitative estimate of drug-likeness (QED) is 0.703. The second-order valence-electron chi connectivity index (χ2n) is 8.08. The van der Waals surface area contributed by atoms with Crippen LogP contribution >= 0.6 is 0 Å². The molecule has 1 saturated heterocycles. The number of sulfonamides is 1. The van der Waals surface area contributed by atoms with Gasteiger partial charge < -0.3 is 14.7 Å². The zero-order valence-corrected chi connectivity index (χ0v) is 19.2. The van der Waals surface area contributed by atoms with Gasteiger partial charge in [0.2, 0.25) is 15.9 Å². The van der Waals surface area contributed by atoms with E-state index < -0.39 is 15.9 Å². The Morgan fingerprint density at radius 3 is 2.71 bits per heavy atom. The first-order valence-electron chi connectivity index (χ1n) is 10.4. The summed E-state index contributed by atoms with van der Waals surface area (Å²) in [4.78, 5) is 14.7. The second-order valence-corrected chi connectivity index (χ2v) is 9.96. The number of carbonyl (C=O) groups is 1. The maximum atomic E-state index is 13.4. The first-order valence-corrected chi connectivity index (χ1v) is 11.8. The van der Waals surface area contributed by atoms with Gasteiger partial charge in [0, 0.05) is 39.5 Å². The zero-order chi connectivity index (χ0) is 22.6. The van der Waals surface area contributed by atoms with E-state index in [1.807, 2.05) is 51.4 Å². The molecule has 1 fully saturated rings. The normalized spacial score (nSPS) is 18.8. The fraction of sp³-hybridized carbons (Fsp3) is 0.455. The molecule has 1 aromatic carbocycles. The lowest BCUT2D eigenvalue weighted by molar-refractivity contribution is -0.126. The molecule has 0 spiro atoms. The second kappa shape index (κ2) is 9.65. The molecule has 168 valence electrons. The Morgan fingerprint density at radius 1 is 1.32 bits per heavy atom. The van der Waals surface area contributed by atoms with Crippen LogP contribution in [0, 0.1) is 12.8 Å². The average Bonchev–Trinajstić information content (AvgIpc) is 3.14. The van der Waals surface area contributed by atoms with Crippen molar-refractivity contribution >= 4 is 22.0 Å². The SMILES string of the molecule is Cc1noc(/C=C/N(C)C)c1S(=O)(=O)N1CCC[C@H](C(=O)N[C@H](C)c2ccccc2)C1. The van der Waals surface area contributed by atoms with E-state index in [0.29, 0.717) is 25.1 Å². The summed E-state index contributed by atoms with van der Waals surface area (Å²) in [6, 6.07) is 9.55. The van der Waals surface area contributed by atoms with Gasteiger partial charge in [-0.2, -0.15) is 4.31 Å². The molecule has 1 aliphatic heterocycles. The molecule has 1 amide bonds. The van der Waals surface area contributed by atoms with Crippen molar-refractivity contribution in [3.8, 4) is 0 Å². The van der Waals surface area contributed by atoms with Gasteiger partial charge in [-0.05, 0) is 32.3 Å².